The van der Waals surface area contributed by atoms with Crippen LogP contribution in [-0.2, 0) is 14.9 Å². The Kier molecular flexibility index (Phi) is 6.92. The van der Waals surface area contributed by atoms with Crippen LogP contribution in [0.5, 0.6) is 5.75 Å². The van der Waals surface area contributed by atoms with Gasteiger partial charge in [-0.1, -0.05) is 30.3 Å². The third kappa shape index (κ3) is 4.69. The van der Waals surface area contributed by atoms with Gasteiger partial charge in [-0.2, -0.15) is 0 Å². The van der Waals surface area contributed by atoms with Gasteiger partial charge in [0, 0.05) is 51.2 Å². The number of likely N-dealkylation sites (tertiary alicyclic amines) is 1. The van der Waals surface area contributed by atoms with Crippen LogP contribution in [0.15, 0.2) is 54.6 Å². The van der Waals surface area contributed by atoms with E-state index in [-0.39, 0.29) is 28.9 Å². The number of ether oxygens (including phenoxy) is 2. The largest absolute Gasteiger partial charge is 0.427 e. The number of carbonyl (C=O) groups excluding carboxylic acids is 2. The Morgan fingerprint density at radius 1 is 1.06 bits per heavy atom. The molecule has 6 heteroatoms. The molecule has 6 nitrogen and oxygen atoms in total. The SMILES string of the molecule is COC12CC[C@@H](N(C)C(=O)c3ccccc3)CC1(c1cccc(OC(C)=O)c1)CCN(CC1CC1)C2. The minimum absolute atomic E-state index is 0.0560. The van der Waals surface area contributed by atoms with Gasteiger partial charge in [0.1, 0.15) is 5.75 Å². The molecule has 3 aliphatic rings. The molecule has 2 unspecified atom stereocenters. The highest BCUT2D eigenvalue weighted by Crippen LogP contribution is 2.55. The predicted octanol–water partition coefficient (Wildman–Crippen LogP) is 4.68. The summed E-state index contributed by atoms with van der Waals surface area (Å²) in [4.78, 5) is 29.6. The van der Waals surface area contributed by atoms with Crippen molar-refractivity contribution in [1.29, 1.82) is 0 Å². The van der Waals surface area contributed by atoms with Crippen molar-refractivity contribution in [3.63, 3.8) is 0 Å². The van der Waals surface area contributed by atoms with E-state index in [0.29, 0.717) is 11.3 Å². The molecule has 1 heterocycles. The molecule has 192 valence electrons. The van der Waals surface area contributed by atoms with Gasteiger partial charge >= 0.3 is 5.97 Å². The second-order valence-electron chi connectivity index (χ2n) is 11.0. The van der Waals surface area contributed by atoms with Crippen molar-refractivity contribution < 1.29 is 19.1 Å². The van der Waals surface area contributed by atoms with Crippen molar-refractivity contribution in [2.45, 2.75) is 62.5 Å². The number of nitrogens with zero attached hydrogens (tertiary/aromatic N) is 2. The molecule has 3 atom stereocenters. The Bertz CT molecular complexity index is 1100. The topological polar surface area (TPSA) is 59.1 Å². The maximum Gasteiger partial charge on any atom is 0.308 e. The number of hydrogen-bond acceptors (Lipinski definition) is 5. The summed E-state index contributed by atoms with van der Waals surface area (Å²) in [5.74, 6) is 1.12. The van der Waals surface area contributed by atoms with E-state index in [4.69, 9.17) is 9.47 Å². The number of fused-ring (bicyclic) bond motifs is 1. The summed E-state index contributed by atoms with van der Waals surface area (Å²) in [6.07, 6.45) is 6.20. The van der Waals surface area contributed by atoms with Gasteiger partial charge in [-0.15, -0.1) is 0 Å². The average molecular weight is 491 g/mol. The van der Waals surface area contributed by atoms with Crippen LogP contribution in [0.25, 0.3) is 0 Å². The lowest BCUT2D eigenvalue weighted by molar-refractivity contribution is -0.153. The van der Waals surface area contributed by atoms with Crippen molar-refractivity contribution in [3.05, 3.63) is 65.7 Å². The van der Waals surface area contributed by atoms with Gasteiger partial charge in [0.2, 0.25) is 0 Å². The lowest BCUT2D eigenvalue weighted by Crippen LogP contribution is -2.68. The molecule has 1 amide bonds. The number of esters is 1. The maximum atomic E-state index is 13.4. The highest BCUT2D eigenvalue weighted by molar-refractivity contribution is 5.94. The zero-order valence-electron chi connectivity index (χ0n) is 21.7. The Balaban J connectivity index is 1.50. The molecule has 0 radical (unpaired) electrons. The summed E-state index contributed by atoms with van der Waals surface area (Å²) in [6, 6.07) is 17.6. The Hall–Kier alpha value is -2.70. The molecule has 0 spiro atoms. The van der Waals surface area contributed by atoms with E-state index < -0.39 is 0 Å². The molecular formula is C30H38N2O4. The number of amides is 1. The molecule has 2 aliphatic carbocycles. The normalized spacial score (nSPS) is 28.2. The first kappa shape index (κ1) is 25.0. The van der Waals surface area contributed by atoms with E-state index >= 15 is 0 Å². The van der Waals surface area contributed by atoms with E-state index in [1.807, 2.05) is 67.6 Å². The quantitative estimate of drug-likeness (QED) is 0.417. The van der Waals surface area contributed by atoms with Crippen molar-refractivity contribution in [1.82, 2.24) is 9.80 Å². The van der Waals surface area contributed by atoms with Crippen molar-refractivity contribution in [2.75, 3.05) is 33.8 Å². The lowest BCUT2D eigenvalue weighted by atomic mass is 9.55. The minimum Gasteiger partial charge on any atom is -0.427 e. The van der Waals surface area contributed by atoms with Gasteiger partial charge in [0.15, 0.2) is 0 Å². The first-order valence-corrected chi connectivity index (χ1v) is 13.2. The number of methoxy groups -OCH3 is 1. The van der Waals surface area contributed by atoms with Crippen LogP contribution in [0.1, 0.15) is 61.4 Å². The summed E-state index contributed by atoms with van der Waals surface area (Å²) < 4.78 is 12.0. The van der Waals surface area contributed by atoms with Gasteiger partial charge in [-0.25, -0.2) is 0 Å². The summed E-state index contributed by atoms with van der Waals surface area (Å²) in [6.45, 7) is 4.47. The van der Waals surface area contributed by atoms with Gasteiger partial charge in [-0.3, -0.25) is 9.59 Å². The summed E-state index contributed by atoms with van der Waals surface area (Å²) in [7, 11) is 3.79. The highest BCUT2D eigenvalue weighted by atomic mass is 16.5. The fraction of sp³-hybridized carbons (Fsp3) is 0.533. The number of hydrogen-bond donors (Lipinski definition) is 0. The summed E-state index contributed by atoms with van der Waals surface area (Å²) >= 11 is 0. The molecule has 0 bridgehead atoms. The number of rotatable bonds is 7. The third-order valence-corrected chi connectivity index (χ3v) is 8.81. The zero-order valence-corrected chi connectivity index (χ0v) is 21.7. The zero-order chi connectivity index (χ0) is 25.3. The molecule has 3 fully saturated rings. The molecule has 0 N–H and O–H groups in total. The molecule has 36 heavy (non-hydrogen) atoms. The number of carbonyl (C=O) groups is 2. The van der Waals surface area contributed by atoms with E-state index in [2.05, 4.69) is 11.0 Å². The number of piperidine rings is 1. The van der Waals surface area contributed by atoms with Gasteiger partial charge in [0.05, 0.1) is 5.60 Å². The lowest BCUT2D eigenvalue weighted by Gasteiger charge is -2.60. The fourth-order valence-electron chi connectivity index (χ4n) is 6.69. The first-order valence-electron chi connectivity index (χ1n) is 13.2. The summed E-state index contributed by atoms with van der Waals surface area (Å²) in [5, 5.41) is 0. The van der Waals surface area contributed by atoms with Gasteiger partial charge in [0.25, 0.3) is 5.91 Å². The van der Waals surface area contributed by atoms with Crippen LogP contribution >= 0.6 is 0 Å². The number of benzene rings is 2. The monoisotopic (exact) mass is 490 g/mol. The van der Waals surface area contributed by atoms with Crippen LogP contribution in [0, 0.1) is 5.92 Å². The molecule has 1 aliphatic heterocycles. The average Bonchev–Trinajstić information content (AvgIpc) is 3.71. The van der Waals surface area contributed by atoms with E-state index in [9.17, 15) is 9.59 Å². The van der Waals surface area contributed by atoms with Crippen molar-refractivity contribution in [2.24, 2.45) is 5.92 Å². The molecule has 2 aromatic rings. The van der Waals surface area contributed by atoms with Crippen molar-refractivity contribution >= 4 is 11.9 Å². The van der Waals surface area contributed by atoms with Crippen LogP contribution in [0.2, 0.25) is 0 Å². The maximum absolute atomic E-state index is 13.4. The Morgan fingerprint density at radius 3 is 2.53 bits per heavy atom. The van der Waals surface area contributed by atoms with Gasteiger partial charge < -0.3 is 19.3 Å². The Labute approximate surface area is 214 Å². The molecule has 2 aromatic carbocycles. The molecule has 0 aromatic heterocycles. The molecule has 1 saturated heterocycles. The standard InChI is InChI=1S/C30H38N2O4/c1-22(33)36-27-11-7-10-25(18-27)29-16-17-32(20-23-12-13-23)21-30(29,35-3)15-14-26(19-29)31(2)28(34)24-8-5-4-6-9-24/h4-11,18,23,26H,12-17,19-21H2,1-3H3/t26-,29?,30?/m1/s1. The minimum atomic E-state index is -0.359. The first-order chi connectivity index (χ1) is 17.4. The smallest absolute Gasteiger partial charge is 0.308 e. The Morgan fingerprint density at radius 2 is 1.83 bits per heavy atom. The second kappa shape index (κ2) is 9.98. The third-order valence-electron chi connectivity index (χ3n) is 8.81. The van der Waals surface area contributed by atoms with Crippen LogP contribution in [-0.4, -0.2) is 67.1 Å². The highest BCUT2D eigenvalue weighted by Gasteiger charge is 2.59. The van der Waals surface area contributed by atoms with Crippen LogP contribution in [0.3, 0.4) is 0 Å². The van der Waals surface area contributed by atoms with Crippen molar-refractivity contribution in [3.8, 4) is 5.75 Å². The van der Waals surface area contributed by atoms with Crippen LogP contribution < -0.4 is 4.74 Å². The summed E-state index contributed by atoms with van der Waals surface area (Å²) in [5.41, 5.74) is 1.21. The second-order valence-corrected chi connectivity index (χ2v) is 11.0. The molecule has 5 rings (SSSR count). The van der Waals surface area contributed by atoms with E-state index in [1.54, 1.807) is 0 Å². The fourth-order valence-corrected chi connectivity index (χ4v) is 6.69. The molecular weight excluding hydrogens is 452 g/mol. The van der Waals surface area contributed by atoms with E-state index in [1.165, 1.54) is 19.8 Å². The predicted molar refractivity (Wildman–Crippen MR) is 139 cm³/mol. The molecule has 2 saturated carbocycles. The van der Waals surface area contributed by atoms with E-state index in [0.717, 1.165) is 56.8 Å². The van der Waals surface area contributed by atoms with Gasteiger partial charge in [-0.05, 0) is 80.8 Å². The van der Waals surface area contributed by atoms with Crippen LogP contribution in [0.4, 0.5) is 0 Å².